The molecule has 19 heavy (non-hydrogen) atoms. The van der Waals surface area contributed by atoms with Crippen LogP contribution in [0.4, 0.5) is 0 Å². The van der Waals surface area contributed by atoms with Crippen LogP contribution in [-0.2, 0) is 12.1 Å². The summed E-state index contributed by atoms with van der Waals surface area (Å²) in [6, 6.07) is 7.26. The van der Waals surface area contributed by atoms with Crippen molar-refractivity contribution >= 4 is 11.6 Å². The largest absolute Gasteiger partial charge is 0.497 e. The van der Waals surface area contributed by atoms with Gasteiger partial charge in [0.15, 0.2) is 0 Å². The Morgan fingerprint density at radius 2 is 2.00 bits per heavy atom. The van der Waals surface area contributed by atoms with Crippen LogP contribution in [-0.4, -0.2) is 22.0 Å². The zero-order valence-corrected chi connectivity index (χ0v) is 12.0. The van der Waals surface area contributed by atoms with Crippen LogP contribution in [0.5, 0.6) is 5.75 Å². The van der Waals surface area contributed by atoms with E-state index >= 15 is 0 Å². The Balaban J connectivity index is 2.48. The first-order chi connectivity index (χ1) is 9.00. The van der Waals surface area contributed by atoms with Crippen molar-refractivity contribution in [2.45, 2.75) is 26.0 Å². The lowest BCUT2D eigenvalue weighted by Crippen LogP contribution is -2.27. The van der Waals surface area contributed by atoms with Gasteiger partial charge in [0.05, 0.1) is 24.0 Å². The molecule has 5 heteroatoms. The molecule has 0 spiro atoms. The van der Waals surface area contributed by atoms with Crippen LogP contribution in [0, 0.1) is 0 Å². The van der Waals surface area contributed by atoms with Gasteiger partial charge in [-0.15, -0.1) is 0 Å². The number of rotatable bonds is 4. The summed E-state index contributed by atoms with van der Waals surface area (Å²) in [5, 5.41) is 15.4. The molecule has 1 atom stereocenters. The fraction of sp³-hybridized carbons (Fsp3) is 0.357. The van der Waals surface area contributed by atoms with Crippen LogP contribution >= 0.6 is 11.6 Å². The third-order valence-electron chi connectivity index (χ3n) is 3.21. The van der Waals surface area contributed by atoms with Gasteiger partial charge in [0.2, 0.25) is 0 Å². The molecule has 0 radical (unpaired) electrons. The summed E-state index contributed by atoms with van der Waals surface area (Å²) in [7, 11) is 1.61. The number of methoxy groups -OCH3 is 1. The van der Waals surface area contributed by atoms with E-state index in [4.69, 9.17) is 16.3 Å². The normalized spacial score (nSPS) is 14.2. The third-order valence-corrected chi connectivity index (χ3v) is 3.48. The van der Waals surface area contributed by atoms with Gasteiger partial charge in [0.1, 0.15) is 11.4 Å². The summed E-state index contributed by atoms with van der Waals surface area (Å²) in [6.45, 7) is 4.31. The lowest BCUT2D eigenvalue weighted by molar-refractivity contribution is 0.0918. The number of nitrogens with zero attached hydrogens (tertiary/aromatic N) is 2. The molecule has 0 aliphatic heterocycles. The van der Waals surface area contributed by atoms with Crippen LogP contribution in [0.3, 0.4) is 0 Å². The highest BCUT2D eigenvalue weighted by Crippen LogP contribution is 2.34. The molecule has 0 fully saturated rings. The predicted molar refractivity (Wildman–Crippen MR) is 74.6 cm³/mol. The molecule has 0 aliphatic rings. The molecule has 2 aromatic rings. The number of hydrogen-bond donors (Lipinski definition) is 1. The van der Waals surface area contributed by atoms with Crippen molar-refractivity contribution in [1.29, 1.82) is 0 Å². The molecule has 1 unspecified atom stereocenters. The van der Waals surface area contributed by atoms with Gasteiger partial charge >= 0.3 is 0 Å². The summed E-state index contributed by atoms with van der Waals surface area (Å²) in [6.07, 6.45) is 1.55. The van der Waals surface area contributed by atoms with Crippen molar-refractivity contribution in [1.82, 2.24) is 9.78 Å². The molecule has 1 aromatic heterocycles. The van der Waals surface area contributed by atoms with E-state index in [-0.39, 0.29) is 0 Å². The number of aliphatic hydroxyl groups is 1. The second-order valence-electron chi connectivity index (χ2n) is 4.46. The van der Waals surface area contributed by atoms with E-state index in [0.29, 0.717) is 17.3 Å². The summed E-state index contributed by atoms with van der Waals surface area (Å²) >= 11 is 6.15. The van der Waals surface area contributed by atoms with Crippen molar-refractivity contribution in [2.24, 2.45) is 0 Å². The van der Waals surface area contributed by atoms with Gasteiger partial charge in [-0.25, -0.2) is 0 Å². The van der Waals surface area contributed by atoms with Crippen molar-refractivity contribution in [2.75, 3.05) is 7.11 Å². The number of benzene rings is 1. The zero-order chi connectivity index (χ0) is 14.0. The molecule has 1 aromatic carbocycles. The quantitative estimate of drug-likeness (QED) is 0.937. The highest BCUT2D eigenvalue weighted by Gasteiger charge is 2.32. The summed E-state index contributed by atoms with van der Waals surface area (Å²) in [5.74, 6) is 0.745. The van der Waals surface area contributed by atoms with E-state index in [1.807, 2.05) is 31.2 Å². The lowest BCUT2D eigenvalue weighted by Gasteiger charge is -2.25. The van der Waals surface area contributed by atoms with Gasteiger partial charge in [-0.1, -0.05) is 23.7 Å². The van der Waals surface area contributed by atoms with E-state index in [0.717, 1.165) is 11.3 Å². The average molecular weight is 281 g/mol. The van der Waals surface area contributed by atoms with Crippen LogP contribution in [0.25, 0.3) is 0 Å². The maximum Gasteiger partial charge on any atom is 0.130 e. The molecule has 0 bridgehead atoms. The molecule has 4 nitrogen and oxygen atoms in total. The van der Waals surface area contributed by atoms with Crippen LogP contribution in [0.2, 0.25) is 5.02 Å². The highest BCUT2D eigenvalue weighted by molar-refractivity contribution is 6.31. The Labute approximate surface area is 117 Å². The molecule has 102 valence electrons. The number of ether oxygens (including phenoxy) is 1. The highest BCUT2D eigenvalue weighted by atomic mass is 35.5. The van der Waals surface area contributed by atoms with Crippen LogP contribution in [0.1, 0.15) is 25.1 Å². The Bertz CT molecular complexity index is 561. The van der Waals surface area contributed by atoms with Crippen molar-refractivity contribution < 1.29 is 9.84 Å². The number of hydrogen-bond acceptors (Lipinski definition) is 3. The maximum absolute atomic E-state index is 10.8. The maximum atomic E-state index is 10.8. The van der Waals surface area contributed by atoms with Crippen LogP contribution < -0.4 is 4.74 Å². The first-order valence-electron chi connectivity index (χ1n) is 6.09. The summed E-state index contributed by atoms with van der Waals surface area (Å²) in [5.41, 5.74) is 0.141. The minimum absolute atomic E-state index is 0.461. The smallest absolute Gasteiger partial charge is 0.130 e. The van der Waals surface area contributed by atoms with Crippen LogP contribution in [0.15, 0.2) is 30.5 Å². The standard InChI is InChI=1S/C14H17ClN2O2/c1-4-17-13(12(15)9-16-17)14(2,18)10-5-7-11(19-3)8-6-10/h5-9,18H,4H2,1-3H3. The molecule has 1 heterocycles. The third kappa shape index (κ3) is 2.46. The van der Waals surface area contributed by atoms with Crippen molar-refractivity contribution in [3.63, 3.8) is 0 Å². The fourth-order valence-corrected chi connectivity index (χ4v) is 2.46. The Morgan fingerprint density at radius 3 is 2.53 bits per heavy atom. The van der Waals surface area contributed by atoms with Gasteiger partial charge in [0.25, 0.3) is 0 Å². The zero-order valence-electron chi connectivity index (χ0n) is 11.2. The molecule has 0 amide bonds. The SMILES string of the molecule is CCn1ncc(Cl)c1C(C)(O)c1ccc(OC)cc1. The van der Waals surface area contributed by atoms with E-state index in [1.165, 1.54) is 0 Å². The first kappa shape index (κ1) is 13.9. The molecule has 1 N–H and O–H groups in total. The Morgan fingerprint density at radius 1 is 1.37 bits per heavy atom. The van der Waals surface area contributed by atoms with E-state index in [9.17, 15) is 5.11 Å². The second-order valence-corrected chi connectivity index (χ2v) is 4.86. The summed E-state index contributed by atoms with van der Waals surface area (Å²) < 4.78 is 6.82. The molecular weight excluding hydrogens is 264 g/mol. The van der Waals surface area contributed by atoms with Crippen molar-refractivity contribution in [3.8, 4) is 5.75 Å². The number of aromatic nitrogens is 2. The number of halogens is 1. The predicted octanol–water partition coefficient (Wildman–Crippen LogP) is 2.82. The molecular formula is C14H17ClN2O2. The van der Waals surface area contributed by atoms with Gasteiger partial charge in [-0.05, 0) is 31.5 Å². The molecule has 0 saturated carbocycles. The van der Waals surface area contributed by atoms with Gasteiger partial charge in [0, 0.05) is 6.54 Å². The topological polar surface area (TPSA) is 47.3 Å². The number of aryl methyl sites for hydroxylation is 1. The van der Waals surface area contributed by atoms with Gasteiger partial charge in [-0.2, -0.15) is 5.10 Å². The first-order valence-corrected chi connectivity index (χ1v) is 6.47. The van der Waals surface area contributed by atoms with E-state index in [2.05, 4.69) is 5.10 Å². The molecule has 0 saturated heterocycles. The van der Waals surface area contributed by atoms with E-state index in [1.54, 1.807) is 24.9 Å². The van der Waals surface area contributed by atoms with Gasteiger partial charge in [-0.3, -0.25) is 4.68 Å². The minimum Gasteiger partial charge on any atom is -0.497 e. The summed E-state index contributed by atoms with van der Waals surface area (Å²) in [4.78, 5) is 0. The Kier molecular flexibility index (Phi) is 3.83. The minimum atomic E-state index is -1.20. The lowest BCUT2D eigenvalue weighted by atomic mass is 9.92. The van der Waals surface area contributed by atoms with Crippen molar-refractivity contribution in [3.05, 3.63) is 46.7 Å². The molecule has 0 aliphatic carbocycles. The Hall–Kier alpha value is -1.52. The average Bonchev–Trinajstić information content (AvgIpc) is 2.80. The van der Waals surface area contributed by atoms with E-state index < -0.39 is 5.60 Å². The monoisotopic (exact) mass is 280 g/mol. The molecule has 2 rings (SSSR count). The second kappa shape index (κ2) is 5.23. The fourth-order valence-electron chi connectivity index (χ4n) is 2.14. The van der Waals surface area contributed by atoms with Gasteiger partial charge < -0.3 is 9.84 Å².